The number of nitrogens with zero attached hydrogens (tertiary/aromatic N) is 21. The summed E-state index contributed by atoms with van der Waals surface area (Å²) in [6, 6.07) is 33.5. The molecule has 22 rings (SSSR count). The molecule has 2 aliphatic carbocycles. The van der Waals surface area contributed by atoms with E-state index in [1.54, 1.807) is 45.8 Å². The number of alkyl halides is 3. The molecule has 8 aliphatic heterocycles. The van der Waals surface area contributed by atoms with Gasteiger partial charge in [-0.05, 0) is 234 Å². The van der Waals surface area contributed by atoms with Gasteiger partial charge in [0.25, 0.3) is 23.6 Å². The lowest BCUT2D eigenvalue weighted by Crippen LogP contribution is -2.52. The number of aliphatic hydroxyl groups excluding tert-OH is 1. The number of anilines is 7. The molecule has 4 N–H and O–H groups in total. The minimum atomic E-state index is -4.62. The first kappa shape index (κ1) is 101. The topological polar surface area (TPSA) is 377 Å². The first-order valence-electron chi connectivity index (χ1n) is 50.5. The fraction of sp³-hybridized carbons (Fsp3) is 0.495. The molecule has 4 amide bonds. The van der Waals surface area contributed by atoms with Gasteiger partial charge in [0.2, 0.25) is 30.1 Å². The molecule has 0 radical (unpaired) electrons. The van der Waals surface area contributed by atoms with Gasteiger partial charge in [0.1, 0.15) is 23.3 Å². The van der Waals surface area contributed by atoms with E-state index in [4.69, 9.17) is 51.9 Å². The predicted octanol–water partition coefficient (Wildman–Crippen LogP) is 15.5. The Balaban J connectivity index is 0.000000123. The highest BCUT2D eigenvalue weighted by molar-refractivity contribution is 7.92. The summed E-state index contributed by atoms with van der Waals surface area (Å²) in [5.41, 5.74) is 13.7. The number of sulfonamides is 3. The molecule has 42 heteroatoms. The summed E-state index contributed by atoms with van der Waals surface area (Å²) in [6.07, 6.45) is 14.3. The van der Waals surface area contributed by atoms with Crippen LogP contribution in [0.1, 0.15) is 268 Å². The molecule has 770 valence electrons. The van der Waals surface area contributed by atoms with Gasteiger partial charge in [0, 0.05) is 168 Å². The maximum Gasteiger partial charge on any atom is 0.417 e. The number of benzene rings is 4. The summed E-state index contributed by atoms with van der Waals surface area (Å²) in [6.45, 7) is 26.0. The van der Waals surface area contributed by atoms with E-state index in [1.807, 2.05) is 93.2 Å². The third-order valence-corrected chi connectivity index (χ3v) is 31.3. The Bertz CT molecular complexity index is 7330. The van der Waals surface area contributed by atoms with E-state index >= 15 is 0 Å². The fourth-order valence-corrected chi connectivity index (χ4v) is 23.0. The van der Waals surface area contributed by atoms with Crippen molar-refractivity contribution in [3.63, 3.8) is 0 Å². The van der Waals surface area contributed by atoms with Gasteiger partial charge in [0.05, 0.1) is 117 Å². The van der Waals surface area contributed by atoms with Gasteiger partial charge >= 0.3 is 6.18 Å². The number of amides is 4. The molecule has 145 heavy (non-hydrogen) atoms. The Morgan fingerprint density at radius 3 is 1.22 bits per heavy atom. The molecular weight excluding hydrogens is 1940 g/mol. The van der Waals surface area contributed by atoms with Gasteiger partial charge in [-0.3, -0.25) is 33.3 Å². The van der Waals surface area contributed by atoms with Crippen LogP contribution in [0.2, 0.25) is 5.02 Å². The Morgan fingerprint density at radius 2 is 0.800 bits per heavy atom. The summed E-state index contributed by atoms with van der Waals surface area (Å²) >= 11 is 6.26. The summed E-state index contributed by atoms with van der Waals surface area (Å²) in [5.74, 6) is 4.08. The number of likely N-dealkylation sites (tertiary alicyclic amines) is 4. The standard InChI is InChI=1S/C28H37ClN8O3S.C26H29F3N6O2.C25H31N5O3S.C24H29N5O3S/c1-3-33-13-15-35(16-14-33)27-19-25(34-10-6-11-34)30-26-18-23(31-37(26)27)24-7-4-5-12-36(24)28(38)21-17-20(29)8-9-22(21)32-41(2,39)40;1-16-12-32(13-16)22-11-24(33-14-17(36)15-33)35-23(30-22)10-20(31-35)21-8-4-5-9-34(21)25(37)18-6-2-3-7-19(18)26(27,28)29;1-15-11-19(21(12-16(15)2)28-34(4,32)33)25(31)29-10-6-5-7-23(29)22-14-24-26-20(18-8-9-18)13-17(3)30(24)27-22;1-15-7-10-19(27-33(3,31)32)18(12-15)24(30)28-11-5-4-6-22(28)21-14-23-25-20(17-8-9-17)13-16(2)29(23)26-21/h8-9,17-19,24,32H,3-7,10-16H2,1-2H3;2-3,6-7,10-11,16-17,21,36H,4-5,8-9,12-15H2,1H3;11-14,18,23,28H,5-10H2,1-4H3;7,10,12-14,17,22,27H,4-6,8-9,11H2,1-3H3/t24-;21-;23-;22-/m0000/s1. The lowest BCUT2D eigenvalue weighted by Gasteiger charge is -2.40. The van der Waals surface area contributed by atoms with E-state index in [1.165, 1.54) is 67.3 Å². The summed E-state index contributed by atoms with van der Waals surface area (Å²) in [4.78, 5) is 92.9. The van der Waals surface area contributed by atoms with Crippen molar-refractivity contribution < 1.29 is 62.7 Å². The van der Waals surface area contributed by atoms with Crippen molar-refractivity contribution >= 4 is 128 Å². The monoisotopic (exact) mass is 2060 g/mol. The number of nitrogens with one attached hydrogen (secondary N) is 3. The largest absolute Gasteiger partial charge is 0.417 e. The summed E-state index contributed by atoms with van der Waals surface area (Å²) in [7, 11) is -10.6. The number of piperidine rings is 4. The maximum atomic E-state index is 14.0. The molecule has 35 nitrogen and oxygen atoms in total. The van der Waals surface area contributed by atoms with Gasteiger partial charge in [-0.2, -0.15) is 42.6 Å². The van der Waals surface area contributed by atoms with Crippen molar-refractivity contribution in [2.24, 2.45) is 5.92 Å². The van der Waals surface area contributed by atoms with Gasteiger partial charge in [-0.25, -0.2) is 54.2 Å². The Morgan fingerprint density at radius 1 is 0.400 bits per heavy atom. The van der Waals surface area contributed by atoms with Gasteiger partial charge in [0.15, 0.2) is 22.6 Å². The molecule has 8 saturated heterocycles. The second-order valence-corrected chi connectivity index (χ2v) is 46.4. The minimum absolute atomic E-state index is 0.177. The zero-order valence-electron chi connectivity index (χ0n) is 83.5. The van der Waals surface area contributed by atoms with Crippen molar-refractivity contribution in [2.45, 2.75) is 206 Å². The minimum Gasteiger partial charge on any atom is -0.389 e. The van der Waals surface area contributed by atoms with Crippen LogP contribution in [-0.4, -0.2) is 260 Å². The van der Waals surface area contributed by atoms with Crippen LogP contribution in [0.4, 0.5) is 53.5 Å². The van der Waals surface area contributed by atoms with Crippen LogP contribution >= 0.6 is 11.6 Å². The van der Waals surface area contributed by atoms with Crippen LogP contribution in [0.15, 0.2) is 121 Å². The zero-order chi connectivity index (χ0) is 102. The van der Waals surface area contributed by atoms with E-state index < -0.39 is 59.9 Å². The zero-order valence-corrected chi connectivity index (χ0v) is 86.7. The molecule has 16 heterocycles. The van der Waals surface area contributed by atoms with Crippen LogP contribution < -0.4 is 33.8 Å². The number of hydrogen-bond donors (Lipinski definition) is 4. The molecule has 12 aromatic rings. The smallest absolute Gasteiger partial charge is 0.389 e. The predicted molar refractivity (Wildman–Crippen MR) is 552 cm³/mol. The number of aryl methyl sites for hydroxylation is 5. The lowest BCUT2D eigenvalue weighted by molar-refractivity contribution is -0.138. The molecule has 4 aromatic carbocycles. The van der Waals surface area contributed by atoms with Crippen LogP contribution in [-0.2, 0) is 36.2 Å². The number of carbonyl (C=O) groups excluding carboxylic acids is 4. The van der Waals surface area contributed by atoms with Crippen molar-refractivity contribution in [2.75, 3.05) is 151 Å². The van der Waals surface area contributed by atoms with Crippen molar-refractivity contribution in [1.29, 1.82) is 0 Å². The summed E-state index contributed by atoms with van der Waals surface area (Å²) in [5, 5.41) is 29.8. The van der Waals surface area contributed by atoms with Crippen LogP contribution in [0.25, 0.3) is 22.6 Å². The van der Waals surface area contributed by atoms with Crippen LogP contribution in [0, 0.1) is 40.5 Å². The Hall–Kier alpha value is -12.3. The number of halogens is 4. The molecule has 0 unspecified atom stereocenters. The second kappa shape index (κ2) is 41.2. The Kier molecular flexibility index (Phi) is 28.8. The normalized spacial score (nSPS) is 20.0. The van der Waals surface area contributed by atoms with Gasteiger partial charge in [-0.15, -0.1) is 0 Å². The van der Waals surface area contributed by atoms with E-state index in [0.717, 1.165) is 251 Å². The van der Waals surface area contributed by atoms with E-state index in [0.29, 0.717) is 102 Å². The fourth-order valence-electron chi connectivity index (χ4n) is 21.1. The summed E-state index contributed by atoms with van der Waals surface area (Å²) < 4.78 is 128. The second-order valence-electron chi connectivity index (χ2n) is 40.8. The quantitative estimate of drug-likeness (QED) is 0.0519. The number of aliphatic hydroxyl groups is 1. The number of rotatable bonds is 21. The van der Waals surface area contributed by atoms with Gasteiger partial charge < -0.3 is 49.2 Å². The molecular formula is C103H126ClF3N24O11S3. The highest BCUT2D eigenvalue weighted by Crippen LogP contribution is 2.46. The molecule has 4 atom stereocenters. The molecule has 10 aliphatic rings. The SMILES string of the molecule is CC1CN(c2cc(N3CC(O)C3)n3nc([C@@H]4CCCCN4C(=O)c4ccccc4C(F)(F)F)cc3n2)C1.CCN1CCN(c2cc(N3CCC3)nc3cc([C@@H]4CCCCN4C(=O)c4cc(Cl)ccc4NS(C)(=O)=O)nn23)CC1.Cc1cc(NS(C)(=O)=O)c(C(=O)N2CCCC[C@H]2c2cc3nc(C4CC4)cc(C)n3n2)cc1C.Cc1ccc(NS(C)(=O)=O)c(C(=O)N2CCCC[C@H]2c2cc3nc(C4CC4)cc(C)n3n2)c1. The van der Waals surface area contributed by atoms with Crippen molar-refractivity contribution in [3.8, 4) is 0 Å². The highest BCUT2D eigenvalue weighted by atomic mass is 35.5. The highest BCUT2D eigenvalue weighted by Gasteiger charge is 2.43. The molecule has 8 aromatic heterocycles. The number of hydrogen-bond acceptors (Lipinski definition) is 24. The Labute approximate surface area is 847 Å². The number of β-amino-alcohol motifs (C(OH)–C–C–N with tert-alkyl or cyclic N) is 1. The van der Waals surface area contributed by atoms with Crippen LogP contribution in [0.5, 0.6) is 0 Å². The maximum absolute atomic E-state index is 14.0. The van der Waals surface area contributed by atoms with Gasteiger partial charge in [-0.1, -0.05) is 49.2 Å². The molecule has 10 fully saturated rings. The first-order chi connectivity index (χ1) is 69.2. The average molecular weight is 2060 g/mol. The molecule has 2 saturated carbocycles. The third-order valence-electron chi connectivity index (χ3n) is 29.3. The van der Waals surface area contributed by atoms with E-state index in [2.05, 4.69) is 65.8 Å². The number of piperazine rings is 1. The van der Waals surface area contributed by atoms with Crippen molar-refractivity contribution in [1.82, 2.24) is 82.9 Å². The molecule has 0 spiro atoms. The van der Waals surface area contributed by atoms with E-state index in [9.17, 15) is 62.7 Å². The number of likely N-dealkylation sites (N-methyl/N-ethyl adjacent to an activating group) is 1. The number of aromatic nitrogens is 12. The first-order valence-corrected chi connectivity index (χ1v) is 56.5. The number of fused-ring (bicyclic) bond motifs is 4. The number of carbonyl (C=O) groups is 4. The third kappa shape index (κ3) is 22.5. The average Bonchev–Trinajstić information content (AvgIpc) is 1.64. The van der Waals surface area contributed by atoms with Crippen LogP contribution in [0.3, 0.4) is 0 Å². The van der Waals surface area contributed by atoms with Crippen molar-refractivity contribution in [3.05, 3.63) is 216 Å². The van der Waals surface area contributed by atoms with E-state index in [-0.39, 0.29) is 52.7 Å². The lowest BCUT2D eigenvalue weighted by atomic mass is 9.96. The molecule has 0 bridgehead atoms.